The fourth-order valence-corrected chi connectivity index (χ4v) is 1.15. The van der Waals surface area contributed by atoms with Crippen LogP contribution in [0, 0.1) is 5.92 Å². The third kappa shape index (κ3) is 5.39. The minimum absolute atomic E-state index is 0. The molecule has 3 N–H and O–H groups in total. The second-order valence-electron chi connectivity index (χ2n) is 3.94. The van der Waals surface area contributed by atoms with Gasteiger partial charge in [0.15, 0.2) is 0 Å². The lowest BCUT2D eigenvalue weighted by molar-refractivity contribution is -0.123. The van der Waals surface area contributed by atoms with Crippen molar-refractivity contribution in [3.63, 3.8) is 0 Å². The number of carbonyl (C=O) groups excluding carboxylic acids is 1. The molecule has 0 unspecified atom stereocenters. The molecule has 100 valence electrons. The van der Waals surface area contributed by atoms with Crippen LogP contribution >= 0.6 is 24.8 Å². The number of carbonyl (C=O) groups is 1. The molecule has 1 rings (SSSR count). The largest absolute Gasteiger partial charge is 0.348 e. The van der Waals surface area contributed by atoms with E-state index in [1.165, 1.54) is 0 Å². The first kappa shape index (κ1) is 18.6. The van der Waals surface area contributed by atoms with Gasteiger partial charge in [0.05, 0.1) is 12.6 Å². The van der Waals surface area contributed by atoms with Crippen molar-refractivity contribution >= 4 is 30.7 Å². The summed E-state index contributed by atoms with van der Waals surface area (Å²) in [5.74, 6) is 0.832. The summed E-state index contributed by atoms with van der Waals surface area (Å²) >= 11 is 0. The van der Waals surface area contributed by atoms with E-state index < -0.39 is 6.04 Å². The first-order chi connectivity index (χ1) is 7.02. The highest BCUT2D eigenvalue weighted by Crippen LogP contribution is 1.99. The highest BCUT2D eigenvalue weighted by molar-refractivity contribution is 5.85. The van der Waals surface area contributed by atoms with Crippen LogP contribution in [-0.2, 0) is 18.4 Å². The summed E-state index contributed by atoms with van der Waals surface area (Å²) in [7, 11) is 1.89. The maximum absolute atomic E-state index is 11.5. The predicted molar refractivity (Wildman–Crippen MR) is 72.4 cm³/mol. The van der Waals surface area contributed by atoms with Crippen LogP contribution in [0.3, 0.4) is 0 Å². The van der Waals surface area contributed by atoms with Crippen molar-refractivity contribution in [1.82, 2.24) is 14.9 Å². The van der Waals surface area contributed by atoms with Crippen LogP contribution in [0.1, 0.15) is 19.7 Å². The first-order valence-electron chi connectivity index (χ1n) is 5.02. The molecule has 0 aliphatic carbocycles. The molecule has 0 aliphatic rings. The molecule has 0 aromatic carbocycles. The average Bonchev–Trinajstić information content (AvgIpc) is 2.59. The summed E-state index contributed by atoms with van der Waals surface area (Å²) in [5.41, 5.74) is 5.70. The van der Waals surface area contributed by atoms with E-state index in [4.69, 9.17) is 5.73 Å². The molecule has 1 aromatic rings. The van der Waals surface area contributed by atoms with E-state index in [1.54, 1.807) is 6.20 Å². The van der Waals surface area contributed by atoms with Crippen LogP contribution < -0.4 is 11.1 Å². The minimum atomic E-state index is -0.453. The number of amides is 1. The molecule has 17 heavy (non-hydrogen) atoms. The van der Waals surface area contributed by atoms with Crippen molar-refractivity contribution in [2.45, 2.75) is 26.4 Å². The molecule has 7 heteroatoms. The van der Waals surface area contributed by atoms with Gasteiger partial charge in [0.1, 0.15) is 5.82 Å². The molecule has 0 fully saturated rings. The molecule has 5 nitrogen and oxygen atoms in total. The van der Waals surface area contributed by atoms with Gasteiger partial charge in [-0.15, -0.1) is 24.8 Å². The molecule has 0 saturated heterocycles. The van der Waals surface area contributed by atoms with Gasteiger partial charge in [-0.05, 0) is 5.92 Å². The van der Waals surface area contributed by atoms with E-state index in [9.17, 15) is 4.79 Å². The van der Waals surface area contributed by atoms with Gasteiger partial charge < -0.3 is 15.6 Å². The summed E-state index contributed by atoms with van der Waals surface area (Å²) in [6.07, 6.45) is 3.54. The lowest BCUT2D eigenvalue weighted by Crippen LogP contribution is -2.43. The Kier molecular flexibility index (Phi) is 9.11. The zero-order valence-electron chi connectivity index (χ0n) is 10.2. The summed E-state index contributed by atoms with van der Waals surface area (Å²) in [4.78, 5) is 15.6. The van der Waals surface area contributed by atoms with Gasteiger partial charge in [-0.25, -0.2) is 4.98 Å². The van der Waals surface area contributed by atoms with Crippen molar-refractivity contribution in [1.29, 1.82) is 0 Å². The summed E-state index contributed by atoms with van der Waals surface area (Å²) in [6, 6.07) is -0.453. The van der Waals surface area contributed by atoms with Crippen LogP contribution in [0.25, 0.3) is 0 Å². The molecular formula is C10H20Cl2N4O. The van der Waals surface area contributed by atoms with Gasteiger partial charge in [0, 0.05) is 19.4 Å². The molecule has 1 amide bonds. The van der Waals surface area contributed by atoms with Gasteiger partial charge in [-0.1, -0.05) is 13.8 Å². The van der Waals surface area contributed by atoms with E-state index in [2.05, 4.69) is 10.3 Å². The van der Waals surface area contributed by atoms with E-state index in [0.29, 0.717) is 6.54 Å². The number of halogens is 2. The standard InChI is InChI=1S/C10H18N4O.2ClH/c1-7(2)9(11)10(15)13-6-8-12-4-5-14(8)3;;/h4-5,7,9H,6,11H2,1-3H3,(H,13,15);2*1H/t9-;;/m0../s1. The number of nitrogens with zero attached hydrogens (tertiary/aromatic N) is 2. The Hall–Kier alpha value is -0.780. The highest BCUT2D eigenvalue weighted by atomic mass is 35.5. The van der Waals surface area contributed by atoms with Crippen LogP contribution in [0.4, 0.5) is 0 Å². The van der Waals surface area contributed by atoms with Gasteiger partial charge >= 0.3 is 0 Å². The Morgan fingerprint density at radius 3 is 2.53 bits per heavy atom. The average molecular weight is 283 g/mol. The maximum atomic E-state index is 11.5. The fourth-order valence-electron chi connectivity index (χ4n) is 1.15. The number of rotatable bonds is 4. The first-order valence-corrected chi connectivity index (χ1v) is 5.02. The Morgan fingerprint density at radius 2 is 2.12 bits per heavy atom. The number of nitrogens with one attached hydrogen (secondary N) is 1. The van der Waals surface area contributed by atoms with Crippen LogP contribution in [0.15, 0.2) is 12.4 Å². The van der Waals surface area contributed by atoms with E-state index >= 15 is 0 Å². The zero-order chi connectivity index (χ0) is 11.4. The van der Waals surface area contributed by atoms with E-state index in [0.717, 1.165) is 5.82 Å². The van der Waals surface area contributed by atoms with Crippen LogP contribution in [-0.4, -0.2) is 21.5 Å². The fraction of sp³-hybridized carbons (Fsp3) is 0.600. The van der Waals surface area contributed by atoms with Crippen molar-refractivity contribution in [2.75, 3.05) is 0 Å². The molecular weight excluding hydrogens is 263 g/mol. The molecule has 1 heterocycles. The molecule has 0 saturated carbocycles. The molecule has 0 bridgehead atoms. The van der Waals surface area contributed by atoms with E-state index in [-0.39, 0.29) is 36.6 Å². The minimum Gasteiger partial charge on any atom is -0.348 e. The monoisotopic (exact) mass is 282 g/mol. The van der Waals surface area contributed by atoms with Crippen molar-refractivity contribution in [3.8, 4) is 0 Å². The number of hydrogen-bond donors (Lipinski definition) is 2. The lowest BCUT2D eigenvalue weighted by atomic mass is 10.1. The van der Waals surface area contributed by atoms with Crippen molar-refractivity contribution in [2.24, 2.45) is 18.7 Å². The molecule has 1 atom stereocenters. The Bertz CT molecular complexity index is 341. The van der Waals surface area contributed by atoms with Gasteiger partial charge in [0.25, 0.3) is 0 Å². The van der Waals surface area contributed by atoms with Crippen LogP contribution in [0.5, 0.6) is 0 Å². The number of imidazole rings is 1. The maximum Gasteiger partial charge on any atom is 0.237 e. The Labute approximate surface area is 114 Å². The second kappa shape index (κ2) is 8.33. The third-order valence-electron chi connectivity index (χ3n) is 2.36. The Morgan fingerprint density at radius 1 is 1.53 bits per heavy atom. The number of aryl methyl sites for hydroxylation is 1. The molecule has 0 aliphatic heterocycles. The normalized spacial score (nSPS) is 11.4. The quantitative estimate of drug-likeness (QED) is 0.861. The number of aromatic nitrogens is 2. The number of nitrogens with two attached hydrogens (primary N) is 1. The predicted octanol–water partition coefficient (Wildman–Crippen LogP) is 0.863. The molecule has 1 aromatic heterocycles. The SMILES string of the molecule is CC(C)[C@H](N)C(=O)NCc1nccn1C.Cl.Cl. The second-order valence-corrected chi connectivity index (χ2v) is 3.94. The van der Waals surface area contributed by atoms with Crippen LogP contribution in [0.2, 0.25) is 0 Å². The molecule has 0 radical (unpaired) electrons. The van der Waals surface area contributed by atoms with E-state index in [1.807, 2.05) is 31.7 Å². The van der Waals surface area contributed by atoms with Gasteiger partial charge in [-0.2, -0.15) is 0 Å². The topological polar surface area (TPSA) is 72.9 Å². The summed E-state index contributed by atoms with van der Waals surface area (Å²) in [5, 5.41) is 2.76. The molecule has 0 spiro atoms. The third-order valence-corrected chi connectivity index (χ3v) is 2.36. The summed E-state index contributed by atoms with van der Waals surface area (Å²) in [6.45, 7) is 4.26. The zero-order valence-corrected chi connectivity index (χ0v) is 11.8. The highest BCUT2D eigenvalue weighted by Gasteiger charge is 2.16. The summed E-state index contributed by atoms with van der Waals surface area (Å²) < 4.78 is 1.86. The Balaban J connectivity index is 0. The smallest absolute Gasteiger partial charge is 0.237 e. The lowest BCUT2D eigenvalue weighted by Gasteiger charge is -2.15. The van der Waals surface area contributed by atoms with Gasteiger partial charge in [-0.3, -0.25) is 4.79 Å². The van der Waals surface area contributed by atoms with Crippen molar-refractivity contribution < 1.29 is 4.79 Å². The van der Waals surface area contributed by atoms with Crippen molar-refractivity contribution in [3.05, 3.63) is 18.2 Å². The number of hydrogen-bond acceptors (Lipinski definition) is 3. The van der Waals surface area contributed by atoms with Gasteiger partial charge in [0.2, 0.25) is 5.91 Å².